The molecule has 1 aliphatic rings. The lowest BCUT2D eigenvalue weighted by Gasteiger charge is -2.02. The van der Waals surface area contributed by atoms with Gasteiger partial charge < -0.3 is 5.73 Å². The highest BCUT2D eigenvalue weighted by Crippen LogP contribution is 2.37. The van der Waals surface area contributed by atoms with E-state index in [0.29, 0.717) is 5.92 Å². The van der Waals surface area contributed by atoms with Crippen LogP contribution in [-0.2, 0) is 0 Å². The highest BCUT2D eigenvalue weighted by atomic mass is 14.7. The van der Waals surface area contributed by atoms with Crippen LogP contribution in [0.5, 0.6) is 0 Å². The number of benzene rings is 1. The highest BCUT2D eigenvalue weighted by Gasteiger charge is 2.24. The zero-order valence-corrected chi connectivity index (χ0v) is 8.75. The first-order valence-electron chi connectivity index (χ1n) is 5.13. The first kappa shape index (κ1) is 10.3. The summed E-state index contributed by atoms with van der Waals surface area (Å²) in [4.78, 5) is 0. The minimum Gasteiger partial charge on any atom is -0.324 e. The van der Waals surface area contributed by atoms with Crippen molar-refractivity contribution in [3.63, 3.8) is 0 Å². The molecule has 1 aliphatic carbocycles. The van der Waals surface area contributed by atoms with Crippen molar-refractivity contribution in [1.29, 1.82) is 0 Å². The number of rotatable bonds is 0. The summed E-state index contributed by atoms with van der Waals surface area (Å²) in [5.41, 5.74) is 8.73. The number of nitrogens with two attached hydrogens (primary N) is 1. The molecule has 13 heavy (non-hydrogen) atoms. The summed E-state index contributed by atoms with van der Waals surface area (Å²) in [5.74, 6) is 0.654. The number of fused-ring (bicyclic) bond motifs is 1. The van der Waals surface area contributed by atoms with E-state index in [4.69, 9.17) is 5.73 Å². The van der Waals surface area contributed by atoms with Gasteiger partial charge >= 0.3 is 0 Å². The van der Waals surface area contributed by atoms with E-state index in [1.54, 1.807) is 0 Å². The number of hydrogen-bond donors (Lipinski definition) is 1. The molecule has 0 saturated heterocycles. The van der Waals surface area contributed by atoms with Gasteiger partial charge in [0.05, 0.1) is 0 Å². The smallest absolute Gasteiger partial charge is 0.0303 e. The normalized spacial score (nSPS) is 24.6. The van der Waals surface area contributed by atoms with E-state index in [-0.39, 0.29) is 6.04 Å². The Balaban J connectivity index is 0.000000396. The van der Waals surface area contributed by atoms with Crippen molar-refractivity contribution in [2.24, 2.45) is 5.73 Å². The molecule has 1 heteroatoms. The van der Waals surface area contributed by atoms with Gasteiger partial charge in [0.1, 0.15) is 0 Å². The second-order valence-electron chi connectivity index (χ2n) is 3.37. The molecule has 0 bridgehead atoms. The van der Waals surface area contributed by atoms with Crippen LogP contribution < -0.4 is 5.73 Å². The van der Waals surface area contributed by atoms with Gasteiger partial charge in [-0.3, -0.25) is 0 Å². The van der Waals surface area contributed by atoms with Gasteiger partial charge in [0.2, 0.25) is 0 Å². The summed E-state index contributed by atoms with van der Waals surface area (Å²) in [6, 6.07) is 8.77. The SMILES string of the molecule is CC.CC1CC(N)c2ccccc21. The largest absolute Gasteiger partial charge is 0.324 e. The Morgan fingerprint density at radius 3 is 2.23 bits per heavy atom. The van der Waals surface area contributed by atoms with Crippen LogP contribution in [-0.4, -0.2) is 0 Å². The summed E-state index contributed by atoms with van der Waals surface area (Å²) in [6.45, 7) is 6.24. The van der Waals surface area contributed by atoms with Crippen LogP contribution in [0, 0.1) is 0 Å². The number of hydrogen-bond acceptors (Lipinski definition) is 1. The molecule has 2 atom stereocenters. The van der Waals surface area contributed by atoms with Crippen molar-refractivity contribution in [3.05, 3.63) is 35.4 Å². The van der Waals surface area contributed by atoms with Gasteiger partial charge in [-0.05, 0) is 23.5 Å². The van der Waals surface area contributed by atoms with Crippen molar-refractivity contribution >= 4 is 0 Å². The molecule has 1 aromatic rings. The zero-order valence-electron chi connectivity index (χ0n) is 8.75. The van der Waals surface area contributed by atoms with Gasteiger partial charge in [-0.25, -0.2) is 0 Å². The zero-order chi connectivity index (χ0) is 9.84. The highest BCUT2D eigenvalue weighted by molar-refractivity contribution is 5.37. The van der Waals surface area contributed by atoms with E-state index >= 15 is 0 Å². The van der Waals surface area contributed by atoms with E-state index in [1.165, 1.54) is 11.1 Å². The Labute approximate surface area is 81.0 Å². The summed E-state index contributed by atoms with van der Waals surface area (Å²) >= 11 is 0. The van der Waals surface area contributed by atoms with Crippen LogP contribution in [0.4, 0.5) is 0 Å². The van der Waals surface area contributed by atoms with Crippen LogP contribution >= 0.6 is 0 Å². The quantitative estimate of drug-likeness (QED) is 0.647. The Morgan fingerprint density at radius 1 is 1.15 bits per heavy atom. The predicted molar refractivity (Wildman–Crippen MR) is 57.8 cm³/mol. The van der Waals surface area contributed by atoms with E-state index in [2.05, 4.69) is 31.2 Å². The third-order valence-electron chi connectivity index (χ3n) is 2.53. The van der Waals surface area contributed by atoms with Crippen LogP contribution in [0.1, 0.15) is 50.3 Å². The maximum Gasteiger partial charge on any atom is 0.0303 e. The van der Waals surface area contributed by atoms with Crippen molar-refractivity contribution in [2.75, 3.05) is 0 Å². The van der Waals surface area contributed by atoms with Crippen molar-refractivity contribution in [3.8, 4) is 0 Å². The predicted octanol–water partition coefficient (Wildman–Crippen LogP) is 3.22. The summed E-state index contributed by atoms with van der Waals surface area (Å²) in [6.07, 6.45) is 1.11. The second-order valence-corrected chi connectivity index (χ2v) is 3.37. The van der Waals surface area contributed by atoms with Crippen LogP contribution in [0.3, 0.4) is 0 Å². The molecule has 0 radical (unpaired) electrons. The van der Waals surface area contributed by atoms with Crippen molar-refractivity contribution in [1.82, 2.24) is 0 Å². The maximum atomic E-state index is 5.94. The molecule has 0 aromatic heterocycles. The van der Waals surface area contributed by atoms with Gasteiger partial charge in [-0.1, -0.05) is 45.0 Å². The van der Waals surface area contributed by atoms with E-state index < -0.39 is 0 Å². The maximum absolute atomic E-state index is 5.94. The van der Waals surface area contributed by atoms with Crippen LogP contribution in [0.2, 0.25) is 0 Å². The van der Waals surface area contributed by atoms with Gasteiger partial charge in [-0.2, -0.15) is 0 Å². The lowest BCUT2D eigenvalue weighted by molar-refractivity contribution is 0.640. The molecule has 2 rings (SSSR count). The molecular formula is C12H19N. The van der Waals surface area contributed by atoms with Crippen molar-refractivity contribution < 1.29 is 0 Å². The second kappa shape index (κ2) is 4.43. The van der Waals surface area contributed by atoms with Crippen molar-refractivity contribution in [2.45, 2.75) is 39.2 Å². The fourth-order valence-corrected chi connectivity index (χ4v) is 1.93. The average molecular weight is 177 g/mol. The molecule has 0 spiro atoms. The molecule has 0 heterocycles. The molecule has 72 valence electrons. The monoisotopic (exact) mass is 177 g/mol. The molecule has 0 aliphatic heterocycles. The van der Waals surface area contributed by atoms with Crippen LogP contribution in [0.25, 0.3) is 0 Å². The van der Waals surface area contributed by atoms with E-state index in [1.807, 2.05) is 13.8 Å². The van der Waals surface area contributed by atoms with Crippen LogP contribution in [0.15, 0.2) is 24.3 Å². The average Bonchev–Trinajstić information content (AvgIpc) is 2.47. The summed E-state index contributed by atoms with van der Waals surface area (Å²) < 4.78 is 0. The molecule has 1 aromatic carbocycles. The molecule has 1 nitrogen and oxygen atoms in total. The van der Waals surface area contributed by atoms with E-state index in [0.717, 1.165) is 6.42 Å². The molecule has 0 amide bonds. The van der Waals surface area contributed by atoms with E-state index in [9.17, 15) is 0 Å². The Morgan fingerprint density at radius 2 is 1.69 bits per heavy atom. The minimum atomic E-state index is 0.279. The summed E-state index contributed by atoms with van der Waals surface area (Å²) in [5, 5.41) is 0. The van der Waals surface area contributed by atoms with Gasteiger partial charge in [0.25, 0.3) is 0 Å². The fourth-order valence-electron chi connectivity index (χ4n) is 1.93. The standard InChI is InChI=1S/C10H13N.C2H6/c1-7-6-10(11)9-5-3-2-4-8(7)9;1-2/h2-5,7,10H,6,11H2,1H3;1-2H3. The summed E-state index contributed by atoms with van der Waals surface area (Å²) in [7, 11) is 0. The molecule has 0 fully saturated rings. The third kappa shape index (κ3) is 1.92. The van der Waals surface area contributed by atoms with Gasteiger partial charge in [0, 0.05) is 6.04 Å². The Bertz CT molecular complexity index is 241. The van der Waals surface area contributed by atoms with Gasteiger partial charge in [-0.15, -0.1) is 0 Å². The van der Waals surface area contributed by atoms with Gasteiger partial charge in [0.15, 0.2) is 0 Å². The Kier molecular flexibility index (Phi) is 3.49. The molecule has 2 N–H and O–H groups in total. The molecular weight excluding hydrogens is 158 g/mol. The topological polar surface area (TPSA) is 26.0 Å². The first-order valence-corrected chi connectivity index (χ1v) is 5.13. The lowest BCUT2D eigenvalue weighted by Crippen LogP contribution is -2.04. The molecule has 0 saturated carbocycles. The minimum absolute atomic E-state index is 0.279. The Hall–Kier alpha value is -0.820. The first-order chi connectivity index (χ1) is 6.29. The third-order valence-corrected chi connectivity index (χ3v) is 2.53. The lowest BCUT2D eigenvalue weighted by atomic mass is 10.0. The fraction of sp³-hybridized carbons (Fsp3) is 0.500. The molecule has 2 unspecified atom stereocenters.